The van der Waals surface area contributed by atoms with E-state index in [1.54, 1.807) is 6.33 Å². The lowest BCUT2D eigenvalue weighted by molar-refractivity contribution is 0.0712. The van der Waals surface area contributed by atoms with Crippen LogP contribution in [0.25, 0.3) is 5.52 Å². The van der Waals surface area contributed by atoms with Crippen LogP contribution in [0.5, 0.6) is 0 Å². The van der Waals surface area contributed by atoms with Crippen LogP contribution in [0.3, 0.4) is 0 Å². The number of fused-ring (bicyclic) bond motifs is 1. The molecule has 7 heteroatoms. The van der Waals surface area contributed by atoms with Gasteiger partial charge < -0.3 is 19.1 Å². The number of hydrogen-bond acceptors (Lipinski definition) is 5. The van der Waals surface area contributed by atoms with Crippen molar-refractivity contribution < 1.29 is 4.79 Å². The van der Waals surface area contributed by atoms with Crippen LogP contribution in [0, 0.1) is 0 Å². The first-order valence-electron chi connectivity index (χ1n) is 10.7. The van der Waals surface area contributed by atoms with Crippen LogP contribution >= 0.6 is 0 Å². The van der Waals surface area contributed by atoms with Gasteiger partial charge >= 0.3 is 0 Å². The largest absolute Gasteiger partial charge is 0.363 e. The van der Waals surface area contributed by atoms with Crippen LogP contribution in [0.4, 0.5) is 11.6 Å². The maximum atomic E-state index is 13.1. The predicted octanol–water partition coefficient (Wildman–Crippen LogP) is 3.07. The number of pyridine rings is 1. The molecule has 3 aromatic rings. The molecule has 1 amide bonds. The molecule has 0 radical (unpaired) electrons. The van der Waals surface area contributed by atoms with Crippen molar-refractivity contribution in [1.82, 2.24) is 19.3 Å². The fraction of sp³-hybridized carbons (Fsp3) is 0.435. The van der Waals surface area contributed by atoms with Gasteiger partial charge in [0.05, 0.1) is 5.56 Å². The molecular formula is C23H28N6O. The Hall–Kier alpha value is -3.09. The first-order chi connectivity index (χ1) is 14.6. The Balaban J connectivity index is 1.29. The minimum atomic E-state index is 0.132. The van der Waals surface area contributed by atoms with Gasteiger partial charge in [-0.05, 0) is 43.9 Å². The Bertz CT molecular complexity index is 1020. The molecule has 0 bridgehead atoms. The average molecular weight is 405 g/mol. The minimum Gasteiger partial charge on any atom is -0.363 e. The lowest BCUT2D eigenvalue weighted by Gasteiger charge is -2.39. The van der Waals surface area contributed by atoms with Gasteiger partial charge in [-0.25, -0.2) is 9.97 Å². The summed E-state index contributed by atoms with van der Waals surface area (Å²) in [5.41, 5.74) is 1.82. The van der Waals surface area contributed by atoms with E-state index in [4.69, 9.17) is 0 Å². The highest BCUT2D eigenvalue weighted by atomic mass is 16.2. The molecule has 0 N–H and O–H groups in total. The van der Waals surface area contributed by atoms with E-state index in [0.29, 0.717) is 12.1 Å². The number of anilines is 2. The Morgan fingerprint density at radius 1 is 1.00 bits per heavy atom. The third-order valence-electron chi connectivity index (χ3n) is 6.20. The van der Waals surface area contributed by atoms with E-state index in [1.807, 2.05) is 65.0 Å². The highest BCUT2D eigenvalue weighted by Gasteiger charge is 2.37. The number of rotatable bonds is 5. The molecule has 0 spiro atoms. The van der Waals surface area contributed by atoms with Crippen LogP contribution in [-0.4, -0.2) is 64.4 Å². The molecule has 7 nitrogen and oxygen atoms in total. The van der Waals surface area contributed by atoms with Crippen molar-refractivity contribution in [3.8, 4) is 0 Å². The molecule has 30 heavy (non-hydrogen) atoms. The third kappa shape index (κ3) is 3.60. The number of hydrogen-bond donors (Lipinski definition) is 0. The fourth-order valence-corrected chi connectivity index (χ4v) is 4.45. The van der Waals surface area contributed by atoms with E-state index >= 15 is 0 Å². The number of carbonyl (C=O) groups is 1. The topological polar surface area (TPSA) is 57.0 Å². The molecule has 1 aliphatic carbocycles. The number of likely N-dealkylation sites (tertiary alicyclic amines) is 1. The van der Waals surface area contributed by atoms with Gasteiger partial charge in [0.25, 0.3) is 5.91 Å². The highest BCUT2D eigenvalue weighted by molar-refractivity contribution is 5.95. The van der Waals surface area contributed by atoms with Crippen molar-refractivity contribution in [3.63, 3.8) is 0 Å². The summed E-state index contributed by atoms with van der Waals surface area (Å²) in [6.45, 7) is 1.56. The van der Waals surface area contributed by atoms with Gasteiger partial charge in [-0.1, -0.05) is 6.07 Å². The first-order valence-corrected chi connectivity index (χ1v) is 10.7. The van der Waals surface area contributed by atoms with E-state index < -0.39 is 0 Å². The first kappa shape index (κ1) is 18.9. The summed E-state index contributed by atoms with van der Waals surface area (Å²) >= 11 is 0. The molecular weight excluding hydrogens is 376 g/mol. The third-order valence-corrected chi connectivity index (χ3v) is 6.20. The molecule has 0 aromatic carbocycles. The summed E-state index contributed by atoms with van der Waals surface area (Å²) in [5, 5.41) is 0. The number of piperidine rings is 1. The van der Waals surface area contributed by atoms with Crippen molar-refractivity contribution in [2.45, 2.75) is 37.8 Å². The lowest BCUT2D eigenvalue weighted by Crippen LogP contribution is -2.48. The minimum absolute atomic E-state index is 0.132. The Kier molecular flexibility index (Phi) is 4.81. The van der Waals surface area contributed by atoms with Crippen LogP contribution in [0.2, 0.25) is 0 Å². The smallest absolute Gasteiger partial charge is 0.255 e. The summed E-state index contributed by atoms with van der Waals surface area (Å²) in [6.07, 6.45) is 9.96. The second kappa shape index (κ2) is 7.63. The van der Waals surface area contributed by atoms with E-state index in [9.17, 15) is 4.79 Å². The van der Waals surface area contributed by atoms with E-state index in [2.05, 4.69) is 20.9 Å². The second-order valence-corrected chi connectivity index (χ2v) is 8.55. The molecule has 1 saturated carbocycles. The zero-order valence-corrected chi connectivity index (χ0v) is 17.6. The average Bonchev–Trinajstić information content (AvgIpc) is 3.50. The normalized spacial score (nSPS) is 17.3. The number of nitrogens with zero attached hydrogens (tertiary/aromatic N) is 6. The number of amides is 1. The van der Waals surface area contributed by atoms with Crippen molar-refractivity contribution in [1.29, 1.82) is 0 Å². The van der Waals surface area contributed by atoms with Gasteiger partial charge in [-0.15, -0.1) is 0 Å². The molecule has 5 rings (SSSR count). The molecule has 1 aliphatic heterocycles. The fourth-order valence-electron chi connectivity index (χ4n) is 4.45. The summed E-state index contributed by atoms with van der Waals surface area (Å²) in [6, 6.07) is 11.1. The summed E-state index contributed by atoms with van der Waals surface area (Å²) < 4.78 is 2.01. The van der Waals surface area contributed by atoms with E-state index in [0.717, 1.165) is 48.6 Å². The van der Waals surface area contributed by atoms with Crippen LogP contribution in [0.15, 0.2) is 49.1 Å². The molecule has 4 heterocycles. The number of aromatic nitrogens is 3. The van der Waals surface area contributed by atoms with Gasteiger partial charge in [0.2, 0.25) is 0 Å². The lowest BCUT2D eigenvalue weighted by atomic mass is 10.0. The van der Waals surface area contributed by atoms with E-state index in [1.165, 1.54) is 12.8 Å². The van der Waals surface area contributed by atoms with Crippen molar-refractivity contribution in [2.24, 2.45) is 0 Å². The Morgan fingerprint density at radius 2 is 1.73 bits per heavy atom. The van der Waals surface area contributed by atoms with Gasteiger partial charge in [0, 0.05) is 63.2 Å². The predicted molar refractivity (Wildman–Crippen MR) is 118 cm³/mol. The SMILES string of the molecule is CN(C)c1cc(N(C2CC2)C2CCN(C(=O)c3cc4ccccn4c3)CC2)ncn1. The van der Waals surface area contributed by atoms with E-state index in [-0.39, 0.29) is 5.91 Å². The summed E-state index contributed by atoms with van der Waals surface area (Å²) in [5.74, 6) is 2.07. The van der Waals surface area contributed by atoms with Crippen molar-refractivity contribution >= 4 is 23.1 Å². The molecule has 156 valence electrons. The molecule has 3 aromatic heterocycles. The van der Waals surface area contributed by atoms with Gasteiger partial charge in [-0.2, -0.15) is 0 Å². The van der Waals surface area contributed by atoms with Crippen LogP contribution in [-0.2, 0) is 0 Å². The molecule has 2 fully saturated rings. The maximum absolute atomic E-state index is 13.1. The summed E-state index contributed by atoms with van der Waals surface area (Å²) in [7, 11) is 4.01. The highest BCUT2D eigenvalue weighted by Crippen LogP contribution is 2.36. The maximum Gasteiger partial charge on any atom is 0.255 e. The zero-order chi connectivity index (χ0) is 20.7. The molecule has 1 saturated heterocycles. The van der Waals surface area contributed by atoms with Crippen LogP contribution < -0.4 is 9.80 Å². The molecule has 0 atom stereocenters. The second-order valence-electron chi connectivity index (χ2n) is 8.55. The Morgan fingerprint density at radius 3 is 2.43 bits per heavy atom. The van der Waals surface area contributed by atoms with Gasteiger partial charge in [-0.3, -0.25) is 4.79 Å². The van der Waals surface area contributed by atoms with Crippen molar-refractivity contribution in [2.75, 3.05) is 37.0 Å². The molecule has 0 unspecified atom stereocenters. The van der Waals surface area contributed by atoms with Crippen LogP contribution in [0.1, 0.15) is 36.0 Å². The summed E-state index contributed by atoms with van der Waals surface area (Å²) in [4.78, 5) is 28.5. The van der Waals surface area contributed by atoms with Gasteiger partial charge in [0.15, 0.2) is 0 Å². The number of carbonyl (C=O) groups excluding carboxylic acids is 1. The zero-order valence-electron chi connectivity index (χ0n) is 17.6. The quantitative estimate of drug-likeness (QED) is 0.654. The molecule has 2 aliphatic rings. The monoisotopic (exact) mass is 404 g/mol. The van der Waals surface area contributed by atoms with Gasteiger partial charge in [0.1, 0.15) is 18.0 Å². The van der Waals surface area contributed by atoms with Crippen molar-refractivity contribution in [3.05, 3.63) is 54.6 Å². The standard InChI is InChI=1S/C23H28N6O/c1-26(2)21-14-22(25-16-24-21)29(18-6-7-18)19-8-11-27(12-9-19)23(30)17-13-20-5-3-4-10-28(20)15-17/h3-5,10,13-16,18-19H,6-9,11-12H2,1-2H3. The Labute approximate surface area is 176 Å².